The Bertz CT molecular complexity index is 1050. The van der Waals surface area contributed by atoms with Crippen molar-refractivity contribution in [2.45, 2.75) is 89.1 Å². The fourth-order valence-corrected chi connectivity index (χ4v) is 5.21. The molecule has 1 saturated heterocycles. The Morgan fingerprint density at radius 2 is 1.82 bits per heavy atom. The monoisotopic (exact) mass is 552 g/mol. The van der Waals surface area contributed by atoms with Gasteiger partial charge in [-0.2, -0.15) is 0 Å². The van der Waals surface area contributed by atoms with Crippen LogP contribution in [0.3, 0.4) is 0 Å². The second-order valence-electron chi connectivity index (χ2n) is 11.1. The van der Waals surface area contributed by atoms with Crippen molar-refractivity contribution in [1.29, 1.82) is 0 Å². The first kappa shape index (κ1) is 31.0. The van der Waals surface area contributed by atoms with Gasteiger partial charge in [0.1, 0.15) is 31.0 Å². The highest BCUT2D eigenvalue weighted by Gasteiger charge is 2.50. The van der Waals surface area contributed by atoms with Gasteiger partial charge in [0.05, 0.1) is 17.8 Å². The molecule has 1 aromatic rings. The van der Waals surface area contributed by atoms with Gasteiger partial charge in [-0.15, -0.1) is 0 Å². The molecule has 2 fully saturated rings. The molecular formula is C28H40O11. The third kappa shape index (κ3) is 7.17. The second-order valence-corrected chi connectivity index (χ2v) is 11.1. The lowest BCUT2D eigenvalue weighted by atomic mass is 9.60. The number of rotatable bonds is 8. The maximum absolute atomic E-state index is 12.1. The van der Waals surface area contributed by atoms with Crippen molar-refractivity contribution in [3.05, 3.63) is 42.0 Å². The number of phenolic OH excluding ortho intramolecular Hbond substituents is 2. The number of hydrogen-bond donors (Lipinski definition) is 7. The molecule has 9 atom stereocenters. The van der Waals surface area contributed by atoms with Crippen molar-refractivity contribution >= 4 is 12.0 Å². The molecule has 2 aliphatic rings. The van der Waals surface area contributed by atoms with E-state index in [2.05, 4.69) is 0 Å². The largest absolute Gasteiger partial charge is 0.504 e. The summed E-state index contributed by atoms with van der Waals surface area (Å²) in [6, 6.07) is 3.98. The molecule has 1 aliphatic carbocycles. The number of benzene rings is 1. The number of aliphatic hydroxyl groups is 5. The standard InChI is InChI=1S/C28H40O11/c1-15-11-18(29)13-27(3,4)28(15,36)10-9-16(2)38-26-25(35)24(34)23(33)21(39-26)14-37-22(32)8-6-17-5-7-19(30)20(31)12-17/h5-10,12,15-16,18,21,23-26,29-31,33-36H,11,13-14H2,1-4H3. The highest BCUT2D eigenvalue weighted by molar-refractivity contribution is 5.87. The van der Waals surface area contributed by atoms with E-state index >= 15 is 0 Å². The molecule has 11 nitrogen and oxygen atoms in total. The van der Waals surface area contributed by atoms with Crippen molar-refractivity contribution < 1.29 is 54.8 Å². The Hall–Kier alpha value is -2.51. The molecule has 218 valence electrons. The minimum absolute atomic E-state index is 0.221. The molecule has 7 N–H and O–H groups in total. The Morgan fingerprint density at radius 3 is 2.46 bits per heavy atom. The SMILES string of the molecule is CC(C=CC1(O)C(C)CC(O)CC1(C)C)OC1OC(COC(=O)C=Cc2ccc(O)c(O)c2)C(O)C(O)C1O. The van der Waals surface area contributed by atoms with E-state index in [9.17, 15) is 40.5 Å². The van der Waals surface area contributed by atoms with Gasteiger partial charge in [0.15, 0.2) is 17.8 Å². The average molecular weight is 553 g/mol. The number of phenols is 2. The number of esters is 1. The van der Waals surface area contributed by atoms with Crippen molar-refractivity contribution in [2.24, 2.45) is 11.3 Å². The van der Waals surface area contributed by atoms with Gasteiger partial charge in [-0.1, -0.05) is 39.0 Å². The van der Waals surface area contributed by atoms with E-state index in [4.69, 9.17) is 14.2 Å². The predicted molar refractivity (Wildman–Crippen MR) is 139 cm³/mol. The van der Waals surface area contributed by atoms with Gasteiger partial charge >= 0.3 is 5.97 Å². The highest BCUT2D eigenvalue weighted by atomic mass is 16.7. The molecule has 1 aliphatic heterocycles. The van der Waals surface area contributed by atoms with E-state index in [1.165, 1.54) is 24.3 Å². The van der Waals surface area contributed by atoms with Crippen molar-refractivity contribution in [3.63, 3.8) is 0 Å². The lowest BCUT2D eigenvalue weighted by molar-refractivity contribution is -0.306. The molecule has 3 rings (SSSR count). The van der Waals surface area contributed by atoms with Gasteiger partial charge in [0, 0.05) is 6.08 Å². The summed E-state index contributed by atoms with van der Waals surface area (Å²) in [7, 11) is 0. The van der Waals surface area contributed by atoms with Crippen LogP contribution < -0.4 is 0 Å². The normalized spacial score (nSPS) is 35.8. The summed E-state index contributed by atoms with van der Waals surface area (Å²) in [5.74, 6) is -1.67. The lowest BCUT2D eigenvalue weighted by Gasteiger charge is -2.50. The maximum atomic E-state index is 12.1. The summed E-state index contributed by atoms with van der Waals surface area (Å²) in [4.78, 5) is 12.1. The molecule has 9 unspecified atom stereocenters. The predicted octanol–water partition coefficient (Wildman–Crippen LogP) is 0.971. The van der Waals surface area contributed by atoms with Gasteiger partial charge in [-0.3, -0.25) is 0 Å². The van der Waals surface area contributed by atoms with Gasteiger partial charge in [-0.25, -0.2) is 4.79 Å². The fraction of sp³-hybridized carbons (Fsp3) is 0.607. The Balaban J connectivity index is 1.60. The summed E-state index contributed by atoms with van der Waals surface area (Å²) in [6.45, 7) is 6.82. The first-order valence-corrected chi connectivity index (χ1v) is 13.0. The first-order chi connectivity index (χ1) is 18.1. The maximum Gasteiger partial charge on any atom is 0.330 e. The average Bonchev–Trinajstić information content (AvgIpc) is 2.86. The highest BCUT2D eigenvalue weighted by Crippen LogP contribution is 2.48. The molecule has 0 aromatic heterocycles. The van der Waals surface area contributed by atoms with Crippen molar-refractivity contribution in [3.8, 4) is 11.5 Å². The van der Waals surface area contributed by atoms with Crippen LogP contribution in [0.5, 0.6) is 11.5 Å². The Labute approximate surface area is 227 Å². The molecule has 0 amide bonds. The van der Waals surface area contributed by atoms with Crippen LogP contribution in [-0.2, 0) is 19.0 Å². The smallest absolute Gasteiger partial charge is 0.330 e. The fourth-order valence-electron chi connectivity index (χ4n) is 5.21. The quantitative estimate of drug-likeness (QED) is 0.105. The number of aliphatic hydroxyl groups excluding tert-OH is 4. The van der Waals surface area contributed by atoms with Crippen LogP contribution >= 0.6 is 0 Å². The number of carbonyl (C=O) groups is 1. The molecule has 1 aromatic carbocycles. The van der Waals surface area contributed by atoms with Crippen LogP contribution in [-0.4, -0.2) is 96.8 Å². The van der Waals surface area contributed by atoms with Crippen LogP contribution in [0.4, 0.5) is 0 Å². The minimum atomic E-state index is -1.64. The van der Waals surface area contributed by atoms with Crippen molar-refractivity contribution in [2.75, 3.05) is 6.61 Å². The van der Waals surface area contributed by atoms with Crippen LogP contribution in [0.15, 0.2) is 36.4 Å². The second kappa shape index (κ2) is 12.3. The number of hydrogen-bond acceptors (Lipinski definition) is 11. The third-order valence-corrected chi connectivity index (χ3v) is 7.65. The molecule has 39 heavy (non-hydrogen) atoms. The van der Waals surface area contributed by atoms with E-state index < -0.39 is 66.5 Å². The van der Waals surface area contributed by atoms with Gasteiger partial charge in [0.2, 0.25) is 0 Å². The zero-order valence-corrected chi connectivity index (χ0v) is 22.5. The van der Waals surface area contributed by atoms with E-state index in [-0.39, 0.29) is 17.4 Å². The third-order valence-electron chi connectivity index (χ3n) is 7.65. The molecule has 11 heteroatoms. The van der Waals surface area contributed by atoms with Gasteiger partial charge in [-0.05, 0) is 54.9 Å². The van der Waals surface area contributed by atoms with E-state index in [1.54, 1.807) is 19.1 Å². The summed E-state index contributed by atoms with van der Waals surface area (Å²) in [6.07, 6.45) is -2.00. The Morgan fingerprint density at radius 1 is 1.13 bits per heavy atom. The van der Waals surface area contributed by atoms with Crippen LogP contribution in [0, 0.1) is 11.3 Å². The minimum Gasteiger partial charge on any atom is -0.504 e. The molecule has 0 spiro atoms. The van der Waals surface area contributed by atoms with Crippen LogP contribution in [0.2, 0.25) is 0 Å². The van der Waals surface area contributed by atoms with Crippen LogP contribution in [0.25, 0.3) is 6.08 Å². The first-order valence-electron chi connectivity index (χ1n) is 13.0. The summed E-state index contributed by atoms with van der Waals surface area (Å²) in [5, 5.41) is 71.5. The number of carbonyl (C=O) groups excluding carboxylic acids is 1. The molecule has 1 saturated carbocycles. The van der Waals surface area contributed by atoms with E-state index in [0.717, 1.165) is 6.08 Å². The summed E-state index contributed by atoms with van der Waals surface area (Å²) < 4.78 is 16.5. The topological polar surface area (TPSA) is 186 Å². The summed E-state index contributed by atoms with van der Waals surface area (Å²) in [5.41, 5.74) is -1.39. The molecule has 0 radical (unpaired) electrons. The lowest BCUT2D eigenvalue weighted by Crippen LogP contribution is -2.59. The van der Waals surface area contributed by atoms with E-state index in [1.807, 2.05) is 20.8 Å². The Kier molecular flexibility index (Phi) is 9.82. The summed E-state index contributed by atoms with van der Waals surface area (Å²) >= 11 is 0. The molecular weight excluding hydrogens is 512 g/mol. The zero-order valence-electron chi connectivity index (χ0n) is 22.5. The van der Waals surface area contributed by atoms with Gasteiger partial charge < -0.3 is 50.0 Å². The van der Waals surface area contributed by atoms with Crippen LogP contribution in [0.1, 0.15) is 46.1 Å². The number of ether oxygens (including phenoxy) is 3. The zero-order chi connectivity index (χ0) is 29.1. The molecule has 0 bridgehead atoms. The number of aromatic hydroxyl groups is 2. The van der Waals surface area contributed by atoms with Gasteiger partial charge in [0.25, 0.3) is 0 Å². The molecule has 1 heterocycles. The van der Waals surface area contributed by atoms with Crippen molar-refractivity contribution in [1.82, 2.24) is 0 Å². The van der Waals surface area contributed by atoms with E-state index in [0.29, 0.717) is 18.4 Å².